The number of carbonyl (C=O) groups is 1. The summed E-state index contributed by atoms with van der Waals surface area (Å²) in [6.45, 7) is 2.94. The van der Waals surface area contributed by atoms with Crippen LogP contribution in [0.1, 0.15) is 13.8 Å². The minimum absolute atomic E-state index is 0.113. The molecule has 6 nitrogen and oxygen atoms in total. The van der Waals surface area contributed by atoms with E-state index >= 15 is 0 Å². The zero-order valence-electron chi connectivity index (χ0n) is 9.43. The monoisotopic (exact) mass is 233 g/mol. The largest absolute Gasteiger partial charge is 0.324 e. The smallest absolute Gasteiger partial charge is 0.271 e. The van der Waals surface area contributed by atoms with Crippen molar-refractivity contribution in [3.63, 3.8) is 0 Å². The van der Waals surface area contributed by atoms with Gasteiger partial charge in [0.1, 0.15) is 5.41 Å². The van der Waals surface area contributed by atoms with Crippen LogP contribution in [0.15, 0.2) is 24.3 Å². The lowest BCUT2D eigenvalue weighted by atomic mass is 9.94. The van der Waals surface area contributed by atoms with Crippen molar-refractivity contribution < 1.29 is 9.72 Å². The maximum absolute atomic E-state index is 11.6. The second-order valence-corrected chi connectivity index (χ2v) is 4.00. The van der Waals surface area contributed by atoms with Crippen molar-refractivity contribution in [3.8, 4) is 6.07 Å². The Labute approximate surface area is 98.0 Å². The quantitative estimate of drug-likeness (QED) is 0.638. The Bertz CT molecular complexity index is 503. The lowest BCUT2D eigenvalue weighted by molar-refractivity contribution is -0.384. The highest BCUT2D eigenvalue weighted by Crippen LogP contribution is 2.20. The molecule has 1 aromatic carbocycles. The van der Waals surface area contributed by atoms with Crippen LogP contribution in [0.5, 0.6) is 0 Å². The lowest BCUT2D eigenvalue weighted by Gasteiger charge is -2.14. The Balaban J connectivity index is 2.90. The van der Waals surface area contributed by atoms with Gasteiger partial charge in [0.2, 0.25) is 5.91 Å². The molecule has 0 aromatic heterocycles. The van der Waals surface area contributed by atoms with Gasteiger partial charge in [-0.2, -0.15) is 5.26 Å². The summed E-state index contributed by atoms with van der Waals surface area (Å²) in [5.41, 5.74) is -0.991. The highest BCUT2D eigenvalue weighted by atomic mass is 16.6. The number of nitro groups is 1. The Kier molecular flexibility index (Phi) is 3.43. The molecule has 88 valence electrons. The Hall–Kier alpha value is -2.42. The van der Waals surface area contributed by atoms with Gasteiger partial charge in [-0.05, 0) is 19.9 Å². The molecule has 0 aliphatic heterocycles. The molecule has 1 amide bonds. The number of anilines is 1. The molecule has 6 heteroatoms. The van der Waals surface area contributed by atoms with Gasteiger partial charge in [0.05, 0.1) is 11.0 Å². The van der Waals surface area contributed by atoms with Gasteiger partial charge in [-0.1, -0.05) is 6.07 Å². The van der Waals surface area contributed by atoms with E-state index < -0.39 is 16.2 Å². The SMILES string of the molecule is CC(C)(C#N)C(=O)Nc1cccc([N+](=O)[O-])c1. The van der Waals surface area contributed by atoms with E-state index in [4.69, 9.17) is 5.26 Å². The predicted octanol–water partition coefficient (Wildman–Crippen LogP) is 2.08. The van der Waals surface area contributed by atoms with E-state index in [1.807, 2.05) is 6.07 Å². The third-order valence-corrected chi connectivity index (χ3v) is 2.16. The summed E-state index contributed by atoms with van der Waals surface area (Å²) in [7, 11) is 0. The molecule has 17 heavy (non-hydrogen) atoms. The Morgan fingerprint density at radius 1 is 1.53 bits per heavy atom. The van der Waals surface area contributed by atoms with Gasteiger partial charge in [0.15, 0.2) is 0 Å². The number of rotatable bonds is 3. The summed E-state index contributed by atoms with van der Waals surface area (Å²) >= 11 is 0. The number of nitrogens with one attached hydrogen (secondary N) is 1. The topological polar surface area (TPSA) is 96.0 Å². The van der Waals surface area contributed by atoms with Crippen molar-refractivity contribution >= 4 is 17.3 Å². The lowest BCUT2D eigenvalue weighted by Crippen LogP contribution is -2.29. The van der Waals surface area contributed by atoms with Crippen molar-refractivity contribution in [1.82, 2.24) is 0 Å². The molecule has 0 aliphatic carbocycles. The van der Waals surface area contributed by atoms with E-state index in [9.17, 15) is 14.9 Å². The number of amides is 1. The molecule has 1 N–H and O–H groups in total. The van der Waals surface area contributed by atoms with Gasteiger partial charge >= 0.3 is 0 Å². The summed E-state index contributed by atoms with van der Waals surface area (Å²) in [6, 6.07) is 7.41. The first-order valence-corrected chi connectivity index (χ1v) is 4.84. The van der Waals surface area contributed by atoms with E-state index in [1.165, 1.54) is 38.1 Å². The number of carbonyl (C=O) groups excluding carboxylic acids is 1. The van der Waals surface area contributed by atoms with Crippen LogP contribution in [0.4, 0.5) is 11.4 Å². The maximum atomic E-state index is 11.6. The standard InChI is InChI=1S/C11H11N3O3/c1-11(2,7-12)10(15)13-8-4-3-5-9(6-8)14(16)17/h3-6H,1-2H3,(H,13,15). The third-order valence-electron chi connectivity index (χ3n) is 2.16. The van der Waals surface area contributed by atoms with E-state index in [0.717, 1.165) is 0 Å². The van der Waals surface area contributed by atoms with Crippen LogP contribution in [-0.2, 0) is 4.79 Å². The van der Waals surface area contributed by atoms with Crippen LogP contribution in [0, 0.1) is 26.9 Å². The number of hydrogen-bond acceptors (Lipinski definition) is 4. The highest BCUT2D eigenvalue weighted by molar-refractivity contribution is 5.96. The summed E-state index contributed by atoms with van der Waals surface area (Å²) in [6.07, 6.45) is 0. The Morgan fingerprint density at radius 2 is 2.18 bits per heavy atom. The molecule has 1 rings (SSSR count). The fourth-order valence-corrected chi connectivity index (χ4v) is 1.04. The minimum atomic E-state index is -1.18. The first-order chi connectivity index (χ1) is 7.86. The minimum Gasteiger partial charge on any atom is -0.324 e. The predicted molar refractivity (Wildman–Crippen MR) is 61.1 cm³/mol. The molecule has 0 unspecified atom stereocenters. The molecule has 0 bridgehead atoms. The van der Waals surface area contributed by atoms with Gasteiger partial charge in [-0.3, -0.25) is 14.9 Å². The summed E-state index contributed by atoms with van der Waals surface area (Å²) < 4.78 is 0. The third kappa shape index (κ3) is 3.01. The van der Waals surface area contributed by atoms with Gasteiger partial charge < -0.3 is 5.32 Å². The molecule has 0 heterocycles. The summed E-state index contributed by atoms with van der Waals surface area (Å²) in [5, 5.41) is 21.8. The van der Waals surface area contributed by atoms with Crippen LogP contribution < -0.4 is 5.32 Å². The zero-order chi connectivity index (χ0) is 13.1. The van der Waals surface area contributed by atoms with Crippen LogP contribution in [0.3, 0.4) is 0 Å². The number of benzene rings is 1. The second-order valence-electron chi connectivity index (χ2n) is 4.00. The van der Waals surface area contributed by atoms with Gasteiger partial charge in [-0.15, -0.1) is 0 Å². The summed E-state index contributed by atoms with van der Waals surface area (Å²) in [5.74, 6) is -0.500. The van der Waals surface area contributed by atoms with Gasteiger partial charge in [0.25, 0.3) is 5.69 Å². The number of non-ortho nitro benzene ring substituents is 1. The maximum Gasteiger partial charge on any atom is 0.271 e. The molecular formula is C11H11N3O3. The molecule has 1 aromatic rings. The van der Waals surface area contributed by atoms with Crippen molar-refractivity contribution in [1.29, 1.82) is 5.26 Å². The van der Waals surface area contributed by atoms with Crippen LogP contribution in [0.2, 0.25) is 0 Å². The van der Waals surface area contributed by atoms with Crippen LogP contribution in [-0.4, -0.2) is 10.8 Å². The zero-order valence-corrected chi connectivity index (χ0v) is 9.43. The first-order valence-electron chi connectivity index (χ1n) is 4.84. The number of nitriles is 1. The van der Waals surface area contributed by atoms with E-state index in [-0.39, 0.29) is 5.69 Å². The number of nitrogens with zero attached hydrogens (tertiary/aromatic N) is 2. The number of nitro benzene ring substituents is 1. The fourth-order valence-electron chi connectivity index (χ4n) is 1.04. The average Bonchev–Trinajstić information content (AvgIpc) is 2.29. The van der Waals surface area contributed by atoms with Crippen molar-refractivity contribution in [3.05, 3.63) is 34.4 Å². The van der Waals surface area contributed by atoms with E-state index in [1.54, 1.807) is 0 Å². The first kappa shape index (κ1) is 12.6. The van der Waals surface area contributed by atoms with Crippen molar-refractivity contribution in [2.24, 2.45) is 5.41 Å². The van der Waals surface area contributed by atoms with Crippen molar-refractivity contribution in [2.75, 3.05) is 5.32 Å². The van der Waals surface area contributed by atoms with Crippen molar-refractivity contribution in [2.45, 2.75) is 13.8 Å². The van der Waals surface area contributed by atoms with Gasteiger partial charge in [0, 0.05) is 17.8 Å². The number of hydrogen-bond donors (Lipinski definition) is 1. The van der Waals surface area contributed by atoms with Crippen LogP contribution >= 0.6 is 0 Å². The molecule has 0 saturated heterocycles. The molecule has 0 radical (unpaired) electrons. The molecule has 0 fully saturated rings. The van der Waals surface area contributed by atoms with E-state index in [0.29, 0.717) is 5.69 Å². The molecular weight excluding hydrogens is 222 g/mol. The van der Waals surface area contributed by atoms with E-state index in [2.05, 4.69) is 5.32 Å². The fraction of sp³-hybridized carbons (Fsp3) is 0.273. The highest BCUT2D eigenvalue weighted by Gasteiger charge is 2.27. The van der Waals surface area contributed by atoms with Gasteiger partial charge in [-0.25, -0.2) is 0 Å². The molecule has 0 aliphatic rings. The normalized spacial score (nSPS) is 10.4. The molecule has 0 saturated carbocycles. The average molecular weight is 233 g/mol. The summed E-state index contributed by atoms with van der Waals surface area (Å²) in [4.78, 5) is 21.6. The molecule has 0 spiro atoms. The molecule has 0 atom stereocenters. The second kappa shape index (κ2) is 4.61. The van der Waals surface area contributed by atoms with Crippen LogP contribution in [0.25, 0.3) is 0 Å². The Morgan fingerprint density at radius 3 is 2.71 bits per heavy atom.